The summed E-state index contributed by atoms with van der Waals surface area (Å²) in [4.78, 5) is 8.60. The third-order valence-electron chi connectivity index (χ3n) is 2.59. The molecule has 134 valence electrons. The normalized spacial score (nSPS) is 13.3. The number of rotatable bonds is 11. The number of aliphatic imine (C=N–C) groups is 1. The van der Waals surface area contributed by atoms with Crippen molar-refractivity contribution in [3.05, 3.63) is 36.0 Å². The highest BCUT2D eigenvalue weighted by molar-refractivity contribution is 7.88. The predicted octanol–water partition coefficient (Wildman–Crippen LogP) is 0.974. The minimum Gasteiger partial charge on any atom is -0.366 e. The second-order valence-electron chi connectivity index (χ2n) is 4.37. The van der Waals surface area contributed by atoms with Crippen LogP contribution in [0, 0.1) is 5.41 Å². The van der Waals surface area contributed by atoms with E-state index in [1.54, 1.807) is 19.9 Å². The Morgan fingerprint density at radius 1 is 1.46 bits per heavy atom. The van der Waals surface area contributed by atoms with Crippen molar-refractivity contribution in [3.8, 4) is 0 Å². The van der Waals surface area contributed by atoms with Crippen LogP contribution < -0.4 is 10.7 Å². The fraction of sp³-hybridized carbons (Fsp3) is 0.357. The molecule has 0 aromatic carbocycles. The molecule has 0 bridgehead atoms. The molecule has 0 aromatic rings. The molecule has 3 N–H and O–H groups in total. The van der Waals surface area contributed by atoms with Gasteiger partial charge in [-0.25, -0.2) is 23.3 Å². The van der Waals surface area contributed by atoms with Gasteiger partial charge >= 0.3 is 0 Å². The van der Waals surface area contributed by atoms with Crippen LogP contribution in [0.1, 0.15) is 13.8 Å². The van der Waals surface area contributed by atoms with Gasteiger partial charge in [-0.15, -0.1) is 0 Å². The van der Waals surface area contributed by atoms with Crippen LogP contribution in [0.5, 0.6) is 0 Å². The molecule has 24 heavy (non-hydrogen) atoms. The summed E-state index contributed by atoms with van der Waals surface area (Å²) in [6, 6.07) is 0. The maximum Gasteiger partial charge on any atom is 0.245 e. The molecule has 0 unspecified atom stereocenters. The van der Waals surface area contributed by atoms with Crippen molar-refractivity contribution in [1.29, 1.82) is 5.41 Å². The van der Waals surface area contributed by atoms with E-state index in [2.05, 4.69) is 27.6 Å². The fourth-order valence-corrected chi connectivity index (χ4v) is 2.05. The molecule has 0 fully saturated rings. The van der Waals surface area contributed by atoms with E-state index in [1.165, 1.54) is 31.8 Å². The van der Waals surface area contributed by atoms with Gasteiger partial charge in [0.25, 0.3) is 0 Å². The molecule has 0 spiro atoms. The van der Waals surface area contributed by atoms with Gasteiger partial charge in [0.15, 0.2) is 0 Å². The van der Waals surface area contributed by atoms with Gasteiger partial charge in [0, 0.05) is 37.7 Å². The van der Waals surface area contributed by atoms with Crippen molar-refractivity contribution in [3.63, 3.8) is 0 Å². The largest absolute Gasteiger partial charge is 0.366 e. The van der Waals surface area contributed by atoms with Crippen molar-refractivity contribution >= 4 is 28.7 Å². The third-order valence-corrected chi connectivity index (χ3v) is 3.60. The maximum atomic E-state index is 11.4. The number of hydrogen-bond donors (Lipinski definition) is 3. The second-order valence-corrected chi connectivity index (χ2v) is 6.22. The van der Waals surface area contributed by atoms with Crippen LogP contribution >= 0.6 is 0 Å². The lowest BCUT2D eigenvalue weighted by atomic mass is 10.2. The Hall–Kier alpha value is -2.46. The van der Waals surface area contributed by atoms with Crippen LogP contribution in [0.15, 0.2) is 46.2 Å². The van der Waals surface area contributed by atoms with Crippen molar-refractivity contribution in [2.24, 2.45) is 10.1 Å². The van der Waals surface area contributed by atoms with E-state index in [0.29, 0.717) is 17.9 Å². The fourth-order valence-electron chi connectivity index (χ4n) is 1.41. The number of hydrazine groups is 1. The van der Waals surface area contributed by atoms with Gasteiger partial charge in [-0.2, -0.15) is 0 Å². The molecule has 0 aliphatic heterocycles. The highest BCUT2D eigenvalue weighted by Gasteiger charge is 2.08. The molecule has 0 rings (SSSR count). The van der Waals surface area contributed by atoms with Gasteiger partial charge in [0.2, 0.25) is 10.0 Å². The minimum absolute atomic E-state index is 0.174. The Kier molecular flexibility index (Phi) is 9.99. The number of nitrogens with zero attached hydrogens (tertiary/aromatic N) is 3. The van der Waals surface area contributed by atoms with Crippen molar-refractivity contribution in [2.75, 3.05) is 19.8 Å². The summed E-state index contributed by atoms with van der Waals surface area (Å²) < 4.78 is 23.8. The monoisotopic (exact) mass is 356 g/mol. The molecule has 0 amide bonds. The number of nitrogens with one attached hydrogen (secondary N) is 3. The molecule has 0 aliphatic carbocycles. The Morgan fingerprint density at radius 3 is 2.62 bits per heavy atom. The highest BCUT2D eigenvalue weighted by atomic mass is 32.2. The quantitative estimate of drug-likeness (QED) is 0.289. The molecule has 0 saturated carbocycles. The first-order valence-electron chi connectivity index (χ1n) is 6.92. The van der Waals surface area contributed by atoms with Gasteiger partial charge in [-0.05, 0) is 26.6 Å². The van der Waals surface area contributed by atoms with Gasteiger partial charge < -0.3 is 15.6 Å². The lowest BCUT2D eigenvalue weighted by Crippen LogP contribution is -2.35. The first kappa shape index (κ1) is 21.5. The lowest BCUT2D eigenvalue weighted by molar-refractivity contribution is 0.270. The van der Waals surface area contributed by atoms with Gasteiger partial charge in [0.05, 0.1) is 12.0 Å². The third kappa shape index (κ3) is 8.25. The second kappa shape index (κ2) is 11.1. The van der Waals surface area contributed by atoms with E-state index in [9.17, 15) is 8.42 Å². The molecular weight excluding hydrogens is 332 g/mol. The Morgan fingerprint density at radius 2 is 2.12 bits per heavy atom. The first-order valence-corrected chi connectivity index (χ1v) is 8.77. The van der Waals surface area contributed by atoms with Gasteiger partial charge in [-0.1, -0.05) is 5.16 Å². The number of allylic oxidation sites excluding steroid dienone is 2. The van der Waals surface area contributed by atoms with Crippen LogP contribution in [-0.4, -0.2) is 51.3 Å². The zero-order chi connectivity index (χ0) is 18.6. The van der Waals surface area contributed by atoms with E-state index in [-0.39, 0.29) is 5.71 Å². The van der Waals surface area contributed by atoms with E-state index in [4.69, 9.17) is 10.2 Å². The molecule has 0 saturated heterocycles. The van der Waals surface area contributed by atoms with E-state index >= 15 is 0 Å². The van der Waals surface area contributed by atoms with Crippen LogP contribution in [0.4, 0.5) is 0 Å². The van der Waals surface area contributed by atoms with Crippen LogP contribution in [0.3, 0.4) is 0 Å². The molecule has 0 heterocycles. The molecule has 0 aromatic heterocycles. The molecular formula is C14H24N6O3S. The average molecular weight is 356 g/mol. The summed E-state index contributed by atoms with van der Waals surface area (Å²) in [6.07, 6.45) is 8.24. The smallest absolute Gasteiger partial charge is 0.245 e. The first-order chi connectivity index (χ1) is 11.3. The number of oxime groups is 1. The molecule has 0 radical (unpaired) electrons. The Bertz CT molecular complexity index is 649. The summed E-state index contributed by atoms with van der Waals surface area (Å²) in [7, 11) is -1.88. The number of hydrogen-bond acceptors (Lipinski definition) is 8. The Labute approximate surface area is 143 Å². The van der Waals surface area contributed by atoms with Gasteiger partial charge in [0.1, 0.15) is 12.1 Å². The van der Waals surface area contributed by atoms with E-state index in [0.717, 1.165) is 10.7 Å². The maximum absolute atomic E-state index is 11.4. The topological polar surface area (TPSA) is 119 Å². The summed E-state index contributed by atoms with van der Waals surface area (Å²) in [5, 5.41) is 14.4. The van der Waals surface area contributed by atoms with Crippen LogP contribution in [0.25, 0.3) is 0 Å². The Balaban J connectivity index is 4.82. The lowest BCUT2D eigenvalue weighted by Gasteiger charge is -2.15. The van der Waals surface area contributed by atoms with Crippen LogP contribution in [0.2, 0.25) is 0 Å². The number of sulfonamides is 1. The molecule has 0 aliphatic rings. The van der Waals surface area contributed by atoms with Crippen LogP contribution in [-0.2, 0) is 14.9 Å². The SMILES string of the molecule is C=N/C(NC/C=C/N(NC)S(C)(=O)=O)=C(/C)C(=N)/C=C/O/N=C/C. The minimum atomic E-state index is -3.37. The van der Waals surface area contributed by atoms with Crippen molar-refractivity contribution in [2.45, 2.75) is 13.8 Å². The van der Waals surface area contributed by atoms with Crippen molar-refractivity contribution < 1.29 is 13.3 Å². The van der Waals surface area contributed by atoms with Crippen molar-refractivity contribution in [1.82, 2.24) is 15.2 Å². The van der Waals surface area contributed by atoms with E-state index < -0.39 is 10.0 Å². The predicted molar refractivity (Wildman–Crippen MR) is 97.3 cm³/mol. The summed E-state index contributed by atoms with van der Waals surface area (Å²) in [5.41, 5.74) is 3.26. The molecule has 9 nitrogen and oxygen atoms in total. The summed E-state index contributed by atoms with van der Waals surface area (Å²) in [6.45, 7) is 7.16. The molecule has 0 atom stereocenters. The zero-order valence-corrected chi connectivity index (χ0v) is 15.1. The van der Waals surface area contributed by atoms with Gasteiger partial charge in [-0.3, -0.25) is 0 Å². The zero-order valence-electron chi connectivity index (χ0n) is 14.3. The molecule has 10 heteroatoms. The average Bonchev–Trinajstić information content (AvgIpc) is 2.53. The van der Waals surface area contributed by atoms with E-state index in [1.807, 2.05) is 0 Å². The summed E-state index contributed by atoms with van der Waals surface area (Å²) >= 11 is 0. The highest BCUT2D eigenvalue weighted by Crippen LogP contribution is 2.05. The standard InChI is InChI=1S/C14H24N6O3S/c1-6-19-23-11-8-13(15)12(2)14(16-3)18-9-7-10-20(17-4)24(5,21)22/h6-8,10-11,15,17-18H,3,9H2,1-2,4-5H3/b10-7+,11-8+,14-12+,15-13?,19-6+. The summed E-state index contributed by atoms with van der Waals surface area (Å²) in [5.74, 6) is 0.406.